The van der Waals surface area contributed by atoms with Crippen molar-refractivity contribution >= 4 is 50.7 Å². The molecule has 4 rings (SSSR count). The first kappa shape index (κ1) is 34.8. The van der Waals surface area contributed by atoms with Gasteiger partial charge in [0.15, 0.2) is 0 Å². The summed E-state index contributed by atoms with van der Waals surface area (Å²) < 4.78 is 35.1. The van der Waals surface area contributed by atoms with E-state index in [-0.39, 0.29) is 35.2 Å². The van der Waals surface area contributed by atoms with E-state index in [9.17, 15) is 18.0 Å². The van der Waals surface area contributed by atoms with E-state index in [0.29, 0.717) is 28.6 Å². The molecule has 0 saturated heterocycles. The predicted octanol–water partition coefficient (Wildman–Crippen LogP) is 6.67. The standard InChI is InChI=1S/C35H37Cl2N3O5S/c1-4-19-38-35(42)32(22-26-11-7-5-8-12-26)39(23-27-16-17-29(36)30(37)21-27)34(41)24-40(31-20-25(2)15-18-33(31)45-3)46(43,44)28-13-9-6-10-14-28/h5-18,20-21,32H,4,19,22-24H2,1-3H3,(H,38,42)/t32-/m1/s1. The van der Waals surface area contributed by atoms with Crippen molar-refractivity contribution in [3.8, 4) is 5.75 Å². The first-order valence-corrected chi connectivity index (χ1v) is 17.0. The molecule has 8 nitrogen and oxygen atoms in total. The largest absolute Gasteiger partial charge is 0.495 e. The summed E-state index contributed by atoms with van der Waals surface area (Å²) in [7, 11) is -2.83. The van der Waals surface area contributed by atoms with Crippen LogP contribution in [-0.4, -0.2) is 51.4 Å². The van der Waals surface area contributed by atoms with Crippen molar-refractivity contribution in [2.75, 3.05) is 24.5 Å². The molecule has 0 aliphatic carbocycles. The van der Waals surface area contributed by atoms with Gasteiger partial charge in [0, 0.05) is 19.5 Å². The summed E-state index contributed by atoms with van der Waals surface area (Å²) >= 11 is 12.5. The van der Waals surface area contributed by atoms with Crippen LogP contribution >= 0.6 is 23.2 Å². The van der Waals surface area contributed by atoms with Crippen LogP contribution in [0.3, 0.4) is 0 Å². The van der Waals surface area contributed by atoms with Crippen LogP contribution in [-0.2, 0) is 32.6 Å². The summed E-state index contributed by atoms with van der Waals surface area (Å²) in [6.45, 7) is 3.53. The summed E-state index contributed by atoms with van der Waals surface area (Å²) in [5.74, 6) is -0.679. The zero-order chi connectivity index (χ0) is 33.3. The highest BCUT2D eigenvalue weighted by atomic mass is 35.5. The number of carbonyl (C=O) groups excluding carboxylic acids is 2. The molecule has 0 aliphatic heterocycles. The number of hydrogen-bond donors (Lipinski definition) is 1. The fourth-order valence-electron chi connectivity index (χ4n) is 4.98. The molecule has 1 N–H and O–H groups in total. The zero-order valence-electron chi connectivity index (χ0n) is 26.0. The van der Waals surface area contributed by atoms with E-state index in [1.54, 1.807) is 54.6 Å². The van der Waals surface area contributed by atoms with Gasteiger partial charge < -0.3 is 15.0 Å². The number of aryl methyl sites for hydroxylation is 1. The van der Waals surface area contributed by atoms with Gasteiger partial charge >= 0.3 is 0 Å². The van der Waals surface area contributed by atoms with Crippen molar-refractivity contribution in [2.24, 2.45) is 0 Å². The number of carbonyl (C=O) groups is 2. The molecule has 0 fully saturated rings. The molecular weight excluding hydrogens is 645 g/mol. The van der Waals surface area contributed by atoms with Gasteiger partial charge in [-0.1, -0.05) is 90.8 Å². The molecule has 1 atom stereocenters. The summed E-state index contributed by atoms with van der Waals surface area (Å²) in [6.07, 6.45) is 0.892. The predicted molar refractivity (Wildman–Crippen MR) is 183 cm³/mol. The summed E-state index contributed by atoms with van der Waals surface area (Å²) in [5.41, 5.74) is 2.42. The maximum atomic E-state index is 14.6. The number of hydrogen-bond acceptors (Lipinski definition) is 5. The number of anilines is 1. The molecule has 242 valence electrons. The van der Waals surface area contributed by atoms with Gasteiger partial charge in [0.25, 0.3) is 10.0 Å². The molecule has 0 aromatic heterocycles. The van der Waals surface area contributed by atoms with Crippen LogP contribution in [0, 0.1) is 6.92 Å². The van der Waals surface area contributed by atoms with Gasteiger partial charge in [-0.05, 0) is 66.4 Å². The average Bonchev–Trinajstić information content (AvgIpc) is 3.06. The second-order valence-electron chi connectivity index (χ2n) is 10.8. The Labute approximate surface area is 280 Å². The van der Waals surface area contributed by atoms with E-state index in [4.69, 9.17) is 27.9 Å². The number of halogens is 2. The van der Waals surface area contributed by atoms with E-state index in [1.807, 2.05) is 44.2 Å². The van der Waals surface area contributed by atoms with Crippen molar-refractivity contribution in [2.45, 2.75) is 44.2 Å². The van der Waals surface area contributed by atoms with Gasteiger partial charge in [0.2, 0.25) is 11.8 Å². The number of rotatable bonds is 14. The Bertz CT molecular complexity index is 1760. The molecule has 4 aromatic carbocycles. The number of methoxy groups -OCH3 is 1. The molecule has 46 heavy (non-hydrogen) atoms. The van der Waals surface area contributed by atoms with Gasteiger partial charge in [-0.15, -0.1) is 0 Å². The lowest BCUT2D eigenvalue weighted by Crippen LogP contribution is -2.53. The average molecular weight is 683 g/mol. The molecule has 0 spiro atoms. The molecule has 11 heteroatoms. The van der Waals surface area contributed by atoms with E-state index in [1.165, 1.54) is 24.1 Å². The molecule has 0 saturated carbocycles. The van der Waals surface area contributed by atoms with Crippen molar-refractivity contribution in [1.29, 1.82) is 0 Å². The van der Waals surface area contributed by atoms with E-state index >= 15 is 0 Å². The summed E-state index contributed by atoms with van der Waals surface area (Å²) in [4.78, 5) is 29.8. The van der Waals surface area contributed by atoms with Gasteiger partial charge in [-0.3, -0.25) is 13.9 Å². The molecule has 2 amide bonds. The third kappa shape index (κ3) is 8.60. The quantitative estimate of drug-likeness (QED) is 0.160. The van der Waals surface area contributed by atoms with Crippen LogP contribution < -0.4 is 14.4 Å². The highest BCUT2D eigenvalue weighted by Gasteiger charge is 2.35. The fourth-order valence-corrected chi connectivity index (χ4v) is 6.74. The minimum Gasteiger partial charge on any atom is -0.495 e. The van der Waals surface area contributed by atoms with Crippen molar-refractivity contribution in [3.05, 3.63) is 124 Å². The monoisotopic (exact) mass is 681 g/mol. The Morgan fingerprint density at radius 3 is 2.17 bits per heavy atom. The summed E-state index contributed by atoms with van der Waals surface area (Å²) in [5, 5.41) is 3.56. The molecule has 0 radical (unpaired) electrons. The third-order valence-electron chi connectivity index (χ3n) is 7.37. The number of benzene rings is 4. The molecule has 0 heterocycles. The highest BCUT2D eigenvalue weighted by molar-refractivity contribution is 7.92. The minimum absolute atomic E-state index is 0.00363. The topological polar surface area (TPSA) is 96.0 Å². The Hall–Kier alpha value is -4.05. The molecular formula is C35H37Cl2N3O5S. The lowest BCUT2D eigenvalue weighted by molar-refractivity contribution is -0.140. The minimum atomic E-state index is -4.27. The first-order chi connectivity index (χ1) is 22.0. The first-order valence-electron chi connectivity index (χ1n) is 14.8. The second kappa shape index (κ2) is 16.0. The van der Waals surface area contributed by atoms with Crippen LogP contribution in [0.4, 0.5) is 5.69 Å². The second-order valence-corrected chi connectivity index (χ2v) is 13.4. The Morgan fingerprint density at radius 2 is 1.54 bits per heavy atom. The zero-order valence-corrected chi connectivity index (χ0v) is 28.3. The lowest BCUT2D eigenvalue weighted by Gasteiger charge is -2.34. The van der Waals surface area contributed by atoms with Crippen LogP contribution in [0.2, 0.25) is 10.0 Å². The summed E-state index contributed by atoms with van der Waals surface area (Å²) in [6, 6.07) is 26.4. The van der Waals surface area contributed by atoms with Gasteiger partial charge in [0.05, 0.1) is 27.7 Å². The maximum absolute atomic E-state index is 14.6. The van der Waals surface area contributed by atoms with Crippen molar-refractivity contribution < 1.29 is 22.7 Å². The molecule has 0 aliphatic rings. The number of ether oxygens (including phenoxy) is 1. The number of nitrogens with one attached hydrogen (secondary N) is 1. The van der Waals surface area contributed by atoms with Crippen LogP contribution in [0.25, 0.3) is 0 Å². The van der Waals surface area contributed by atoms with E-state index < -0.39 is 28.5 Å². The van der Waals surface area contributed by atoms with Gasteiger partial charge in [-0.25, -0.2) is 8.42 Å². The molecule has 4 aromatic rings. The third-order valence-corrected chi connectivity index (χ3v) is 9.88. The number of sulfonamides is 1. The van der Waals surface area contributed by atoms with E-state index in [0.717, 1.165) is 15.4 Å². The molecule has 0 unspecified atom stereocenters. The fraction of sp³-hybridized carbons (Fsp3) is 0.257. The normalized spacial score (nSPS) is 11.8. The Kier molecular flexibility index (Phi) is 12.1. The van der Waals surface area contributed by atoms with Crippen molar-refractivity contribution in [1.82, 2.24) is 10.2 Å². The smallest absolute Gasteiger partial charge is 0.264 e. The van der Waals surface area contributed by atoms with Crippen molar-refractivity contribution in [3.63, 3.8) is 0 Å². The SMILES string of the molecule is CCCNC(=O)[C@@H](Cc1ccccc1)N(Cc1ccc(Cl)c(Cl)c1)C(=O)CN(c1cc(C)ccc1OC)S(=O)(=O)c1ccccc1. The Morgan fingerprint density at radius 1 is 0.870 bits per heavy atom. The van der Waals surface area contributed by atoms with E-state index in [2.05, 4.69) is 5.32 Å². The lowest BCUT2D eigenvalue weighted by atomic mass is 10.0. The van der Waals surface area contributed by atoms with Crippen LogP contribution in [0.1, 0.15) is 30.0 Å². The number of nitrogens with zero attached hydrogens (tertiary/aromatic N) is 2. The van der Waals surface area contributed by atoms with Crippen LogP contribution in [0.5, 0.6) is 5.75 Å². The van der Waals surface area contributed by atoms with Gasteiger partial charge in [0.1, 0.15) is 18.3 Å². The van der Waals surface area contributed by atoms with Crippen LogP contribution in [0.15, 0.2) is 102 Å². The Balaban J connectivity index is 1.85. The van der Waals surface area contributed by atoms with Gasteiger partial charge in [-0.2, -0.15) is 0 Å². The highest BCUT2D eigenvalue weighted by Crippen LogP contribution is 2.34. The number of amides is 2. The molecule has 0 bridgehead atoms. The maximum Gasteiger partial charge on any atom is 0.264 e.